The van der Waals surface area contributed by atoms with Crippen molar-refractivity contribution in [1.82, 2.24) is 4.98 Å². The summed E-state index contributed by atoms with van der Waals surface area (Å²) < 4.78 is 0. The lowest BCUT2D eigenvalue weighted by molar-refractivity contribution is -0.385. The molecule has 0 atom stereocenters. The second-order valence-electron chi connectivity index (χ2n) is 5.30. The molecule has 23 heavy (non-hydrogen) atoms. The number of nitriles is 1. The zero-order valence-electron chi connectivity index (χ0n) is 12.6. The second kappa shape index (κ2) is 6.22. The predicted octanol–water partition coefficient (Wildman–Crippen LogP) is 2.56. The summed E-state index contributed by atoms with van der Waals surface area (Å²) in [7, 11) is 0. The van der Waals surface area contributed by atoms with Gasteiger partial charge < -0.3 is 9.80 Å². The van der Waals surface area contributed by atoms with Gasteiger partial charge in [0.2, 0.25) is 0 Å². The van der Waals surface area contributed by atoms with Crippen LogP contribution in [0.2, 0.25) is 0 Å². The highest BCUT2D eigenvalue weighted by molar-refractivity contribution is 7.13. The Bertz CT molecular complexity index is 761. The maximum atomic E-state index is 11.2. The van der Waals surface area contributed by atoms with Crippen molar-refractivity contribution in [2.75, 3.05) is 36.0 Å². The van der Waals surface area contributed by atoms with Crippen LogP contribution in [0.3, 0.4) is 0 Å². The number of piperazine rings is 1. The number of benzene rings is 1. The molecule has 2 heterocycles. The van der Waals surface area contributed by atoms with Gasteiger partial charge >= 0.3 is 0 Å². The zero-order chi connectivity index (χ0) is 16.4. The molecule has 1 aliphatic heterocycles. The fourth-order valence-electron chi connectivity index (χ4n) is 2.78. The van der Waals surface area contributed by atoms with Gasteiger partial charge in [0, 0.05) is 49.5 Å². The van der Waals surface area contributed by atoms with Gasteiger partial charge in [0.15, 0.2) is 5.13 Å². The van der Waals surface area contributed by atoms with Gasteiger partial charge in [-0.15, -0.1) is 11.3 Å². The molecular formula is C15H15N5O2S. The summed E-state index contributed by atoms with van der Waals surface area (Å²) in [6.45, 7) is 4.83. The molecular weight excluding hydrogens is 314 g/mol. The Morgan fingerprint density at radius 1 is 1.30 bits per heavy atom. The first-order chi connectivity index (χ1) is 11.1. The number of hydrogen-bond donors (Lipinski definition) is 0. The van der Waals surface area contributed by atoms with Crippen LogP contribution in [0, 0.1) is 28.4 Å². The molecule has 0 amide bonds. The number of thiazole rings is 1. The topological polar surface area (TPSA) is 86.3 Å². The maximum absolute atomic E-state index is 11.2. The Hall–Kier alpha value is -2.66. The lowest BCUT2D eigenvalue weighted by Crippen LogP contribution is -2.46. The molecule has 0 aliphatic carbocycles. The Labute approximate surface area is 137 Å². The van der Waals surface area contributed by atoms with Crippen molar-refractivity contribution in [3.63, 3.8) is 0 Å². The minimum Gasteiger partial charge on any atom is -0.368 e. The first-order valence-corrected chi connectivity index (χ1v) is 8.06. The van der Waals surface area contributed by atoms with Crippen molar-refractivity contribution in [3.8, 4) is 6.07 Å². The zero-order valence-corrected chi connectivity index (χ0v) is 13.4. The van der Waals surface area contributed by atoms with E-state index in [1.165, 1.54) is 6.07 Å². The van der Waals surface area contributed by atoms with Crippen LogP contribution < -0.4 is 9.80 Å². The molecule has 1 aliphatic rings. The Balaban J connectivity index is 1.84. The van der Waals surface area contributed by atoms with Crippen LogP contribution in [0.1, 0.15) is 11.1 Å². The van der Waals surface area contributed by atoms with E-state index in [1.807, 2.05) is 11.4 Å². The molecule has 8 heteroatoms. The number of rotatable bonds is 3. The fourth-order valence-corrected chi connectivity index (χ4v) is 3.47. The summed E-state index contributed by atoms with van der Waals surface area (Å²) >= 11 is 1.61. The highest BCUT2D eigenvalue weighted by atomic mass is 32.1. The van der Waals surface area contributed by atoms with Crippen LogP contribution in [0.25, 0.3) is 0 Å². The minimum atomic E-state index is -0.425. The van der Waals surface area contributed by atoms with Gasteiger partial charge in [0.05, 0.1) is 22.1 Å². The van der Waals surface area contributed by atoms with Gasteiger partial charge in [-0.3, -0.25) is 10.1 Å². The molecule has 1 aromatic heterocycles. The van der Waals surface area contributed by atoms with Crippen LogP contribution in [0.15, 0.2) is 23.7 Å². The molecule has 0 spiro atoms. The van der Waals surface area contributed by atoms with E-state index in [9.17, 15) is 10.1 Å². The van der Waals surface area contributed by atoms with Crippen LogP contribution in [0.4, 0.5) is 16.5 Å². The summed E-state index contributed by atoms with van der Waals surface area (Å²) in [5.41, 5.74) is 1.70. The van der Waals surface area contributed by atoms with Crippen molar-refractivity contribution < 1.29 is 4.92 Å². The molecule has 7 nitrogen and oxygen atoms in total. The number of nitro benzene ring substituents is 1. The largest absolute Gasteiger partial charge is 0.368 e. The van der Waals surface area contributed by atoms with E-state index >= 15 is 0 Å². The first kappa shape index (κ1) is 15.2. The lowest BCUT2D eigenvalue weighted by atomic mass is 10.1. The number of aromatic nitrogens is 1. The first-order valence-electron chi connectivity index (χ1n) is 7.18. The van der Waals surface area contributed by atoms with E-state index in [0.717, 1.165) is 37.0 Å². The van der Waals surface area contributed by atoms with Gasteiger partial charge in [0.1, 0.15) is 0 Å². The Morgan fingerprint density at radius 2 is 2.00 bits per heavy atom. The normalized spacial score (nSPS) is 14.6. The third-order valence-electron chi connectivity index (χ3n) is 3.99. The average molecular weight is 329 g/mol. The van der Waals surface area contributed by atoms with Gasteiger partial charge in [-0.05, 0) is 13.0 Å². The molecule has 0 saturated carbocycles. The number of hydrogen-bond acceptors (Lipinski definition) is 7. The van der Waals surface area contributed by atoms with Gasteiger partial charge in [-0.25, -0.2) is 4.98 Å². The predicted molar refractivity (Wildman–Crippen MR) is 89.1 cm³/mol. The summed E-state index contributed by atoms with van der Waals surface area (Å²) in [4.78, 5) is 19.4. The second-order valence-corrected chi connectivity index (χ2v) is 6.17. The summed E-state index contributed by atoms with van der Waals surface area (Å²) in [6, 6.07) is 5.09. The van der Waals surface area contributed by atoms with E-state index in [4.69, 9.17) is 5.26 Å². The number of nitrogens with zero attached hydrogens (tertiary/aromatic N) is 5. The lowest BCUT2D eigenvalue weighted by Gasteiger charge is -2.36. The third kappa shape index (κ3) is 2.96. The van der Waals surface area contributed by atoms with E-state index in [2.05, 4.69) is 14.8 Å². The number of anilines is 2. The highest BCUT2D eigenvalue weighted by Gasteiger charge is 2.24. The molecule has 118 valence electrons. The van der Waals surface area contributed by atoms with Crippen LogP contribution >= 0.6 is 11.3 Å². The molecule has 1 saturated heterocycles. The van der Waals surface area contributed by atoms with Crippen LogP contribution in [0.5, 0.6) is 0 Å². The van der Waals surface area contributed by atoms with E-state index in [-0.39, 0.29) is 5.69 Å². The van der Waals surface area contributed by atoms with Crippen LogP contribution in [-0.4, -0.2) is 36.1 Å². The molecule has 0 radical (unpaired) electrons. The molecule has 0 N–H and O–H groups in total. The van der Waals surface area contributed by atoms with Crippen molar-refractivity contribution in [2.45, 2.75) is 6.92 Å². The molecule has 0 unspecified atom stereocenters. The quantitative estimate of drug-likeness (QED) is 0.635. The van der Waals surface area contributed by atoms with Gasteiger partial charge in [0.25, 0.3) is 5.69 Å². The SMILES string of the molecule is Cc1c(N2CCN(c3nccs3)CC2)cc(C#N)cc1[N+](=O)[O-]. The fraction of sp³-hybridized carbons (Fsp3) is 0.333. The molecule has 0 bridgehead atoms. The maximum Gasteiger partial charge on any atom is 0.275 e. The summed E-state index contributed by atoms with van der Waals surface area (Å²) in [6.07, 6.45) is 1.79. The van der Waals surface area contributed by atoms with Gasteiger partial charge in [-0.2, -0.15) is 5.26 Å². The minimum absolute atomic E-state index is 0.00130. The third-order valence-corrected chi connectivity index (χ3v) is 4.82. The van der Waals surface area contributed by atoms with Crippen molar-refractivity contribution in [1.29, 1.82) is 5.26 Å². The van der Waals surface area contributed by atoms with Crippen molar-refractivity contribution in [2.24, 2.45) is 0 Å². The van der Waals surface area contributed by atoms with Crippen molar-refractivity contribution in [3.05, 3.63) is 45.0 Å². The van der Waals surface area contributed by atoms with E-state index < -0.39 is 4.92 Å². The smallest absolute Gasteiger partial charge is 0.275 e. The molecule has 3 rings (SSSR count). The summed E-state index contributed by atoms with van der Waals surface area (Å²) in [5.74, 6) is 0. The van der Waals surface area contributed by atoms with Crippen molar-refractivity contribution >= 4 is 27.8 Å². The standard InChI is InChI=1S/C15H15N5O2S/c1-11-13(8-12(10-16)9-14(11)20(21)22)18-3-5-19(6-4-18)15-17-2-7-23-15/h2,7-9H,3-6H2,1H3. The molecule has 1 fully saturated rings. The summed E-state index contributed by atoms with van der Waals surface area (Å²) in [5, 5.41) is 23.3. The molecule has 2 aromatic rings. The number of nitro groups is 1. The van der Waals surface area contributed by atoms with E-state index in [0.29, 0.717) is 11.1 Å². The Morgan fingerprint density at radius 3 is 2.57 bits per heavy atom. The van der Waals surface area contributed by atoms with Gasteiger partial charge in [-0.1, -0.05) is 0 Å². The highest BCUT2D eigenvalue weighted by Crippen LogP contribution is 2.31. The Kier molecular flexibility index (Phi) is 4.12. The van der Waals surface area contributed by atoms with Crippen LogP contribution in [-0.2, 0) is 0 Å². The molecule has 1 aromatic carbocycles. The monoisotopic (exact) mass is 329 g/mol. The average Bonchev–Trinajstić information content (AvgIpc) is 3.09. The van der Waals surface area contributed by atoms with E-state index in [1.54, 1.807) is 30.5 Å².